The molecule has 2 aromatic heterocycles. The molecule has 5 aromatic rings. The van der Waals surface area contributed by atoms with E-state index in [-0.39, 0.29) is 12.2 Å². The van der Waals surface area contributed by atoms with Crippen molar-refractivity contribution in [3.63, 3.8) is 0 Å². The van der Waals surface area contributed by atoms with Crippen molar-refractivity contribution in [1.82, 2.24) is 14.3 Å². The number of carbonyl (C=O) groups excluding carboxylic acids is 1. The number of nitrogens with zero attached hydrogens (tertiary/aromatic N) is 4. The summed E-state index contributed by atoms with van der Waals surface area (Å²) in [6.45, 7) is 8.24. The molecule has 244 valence electrons. The summed E-state index contributed by atoms with van der Waals surface area (Å²) in [5.74, 6) is 0.895. The molecule has 0 saturated heterocycles. The zero-order valence-corrected chi connectivity index (χ0v) is 27.9. The monoisotopic (exact) mass is 660 g/mol. The van der Waals surface area contributed by atoms with E-state index in [4.69, 9.17) is 24.3 Å². The van der Waals surface area contributed by atoms with Crippen LogP contribution in [-0.2, 0) is 9.53 Å². The van der Waals surface area contributed by atoms with Crippen molar-refractivity contribution < 1.29 is 19.0 Å². The number of hydrogen-bond donors (Lipinski definition) is 0. The van der Waals surface area contributed by atoms with E-state index in [0.717, 1.165) is 41.0 Å². The Balaban J connectivity index is 1.49. The molecule has 48 heavy (non-hydrogen) atoms. The summed E-state index contributed by atoms with van der Waals surface area (Å²) in [6.07, 6.45) is 7.31. The largest absolute Gasteiger partial charge is 0.497 e. The van der Waals surface area contributed by atoms with E-state index in [0.29, 0.717) is 38.7 Å². The van der Waals surface area contributed by atoms with Crippen LogP contribution in [0.5, 0.6) is 11.5 Å². The van der Waals surface area contributed by atoms with E-state index >= 15 is 0 Å². The molecule has 0 radical (unpaired) electrons. The summed E-state index contributed by atoms with van der Waals surface area (Å²) in [4.78, 5) is 32.9. The predicted octanol–water partition coefficient (Wildman–Crippen LogP) is 6.00. The summed E-state index contributed by atoms with van der Waals surface area (Å²) in [5.41, 5.74) is 4.45. The molecular formula is C38H36N4O5S. The van der Waals surface area contributed by atoms with Crippen molar-refractivity contribution in [2.24, 2.45) is 4.99 Å². The highest BCUT2D eigenvalue weighted by Crippen LogP contribution is 2.32. The van der Waals surface area contributed by atoms with Gasteiger partial charge in [0.2, 0.25) is 0 Å². The van der Waals surface area contributed by atoms with Gasteiger partial charge in [0.15, 0.2) is 4.80 Å². The molecule has 0 saturated carbocycles. The first-order valence-electron chi connectivity index (χ1n) is 15.7. The number of para-hydroxylation sites is 1. The number of unbranched alkanes of at least 4 members (excludes halogenated alkanes) is 1. The summed E-state index contributed by atoms with van der Waals surface area (Å²) in [6, 6.07) is 24.2. The second-order valence-corrected chi connectivity index (χ2v) is 12.2. The van der Waals surface area contributed by atoms with E-state index in [1.807, 2.05) is 83.7 Å². The summed E-state index contributed by atoms with van der Waals surface area (Å²) < 4.78 is 20.5. The number of ether oxygens (including phenoxy) is 3. The second kappa shape index (κ2) is 14.5. The van der Waals surface area contributed by atoms with Gasteiger partial charge in [-0.1, -0.05) is 67.7 Å². The van der Waals surface area contributed by atoms with E-state index < -0.39 is 12.0 Å². The third-order valence-electron chi connectivity index (χ3n) is 7.95. The Morgan fingerprint density at radius 1 is 1.02 bits per heavy atom. The molecule has 1 atom stereocenters. The Labute approximate surface area is 282 Å². The maximum Gasteiger partial charge on any atom is 0.338 e. The van der Waals surface area contributed by atoms with Gasteiger partial charge in [-0.05, 0) is 73.5 Å². The molecule has 6 rings (SSSR count). The standard InChI is InChI=1S/C38H36N4O5S/c1-5-7-22-46-31-19-13-26(14-20-31)34-28(24-41(40-34)29-11-9-8-10-12-29)23-32-36(43)42-35(27-15-17-30(45-4)18-16-27)33(37(44)47-21-6-2)25(3)39-38(42)48-32/h6,8-20,23-24,35H,2,5,7,21-22H2,1,3-4H3. The molecule has 0 spiro atoms. The lowest BCUT2D eigenvalue weighted by Gasteiger charge is -2.24. The van der Waals surface area contributed by atoms with Gasteiger partial charge in [-0.15, -0.1) is 0 Å². The van der Waals surface area contributed by atoms with Crippen LogP contribution in [0.25, 0.3) is 23.0 Å². The van der Waals surface area contributed by atoms with E-state index in [1.165, 1.54) is 17.4 Å². The lowest BCUT2D eigenvalue weighted by atomic mass is 9.96. The molecule has 9 nitrogen and oxygen atoms in total. The first kappa shape index (κ1) is 32.5. The molecule has 3 aromatic carbocycles. The van der Waals surface area contributed by atoms with Crippen molar-refractivity contribution in [2.45, 2.75) is 32.7 Å². The minimum Gasteiger partial charge on any atom is -0.497 e. The molecule has 0 fully saturated rings. The maximum atomic E-state index is 14.3. The fraction of sp³-hybridized carbons (Fsp3) is 0.211. The summed E-state index contributed by atoms with van der Waals surface area (Å²) in [7, 11) is 1.59. The molecule has 0 bridgehead atoms. The number of fused-ring (bicyclic) bond motifs is 1. The van der Waals surface area contributed by atoms with Crippen molar-refractivity contribution in [2.75, 3.05) is 20.3 Å². The Hall–Kier alpha value is -5.48. The zero-order valence-electron chi connectivity index (χ0n) is 27.1. The fourth-order valence-corrected chi connectivity index (χ4v) is 6.55. The van der Waals surface area contributed by atoms with Gasteiger partial charge in [0.25, 0.3) is 5.56 Å². The van der Waals surface area contributed by atoms with Crippen LogP contribution in [-0.4, -0.2) is 40.6 Å². The molecule has 0 aliphatic carbocycles. The van der Waals surface area contributed by atoms with Crippen LogP contribution in [0, 0.1) is 0 Å². The lowest BCUT2D eigenvalue weighted by Crippen LogP contribution is -2.39. The van der Waals surface area contributed by atoms with Gasteiger partial charge in [0.1, 0.15) is 23.8 Å². The Bertz CT molecular complexity index is 2140. The van der Waals surface area contributed by atoms with Gasteiger partial charge in [-0.2, -0.15) is 5.10 Å². The molecule has 10 heteroatoms. The Morgan fingerprint density at radius 3 is 2.44 bits per heavy atom. The van der Waals surface area contributed by atoms with Gasteiger partial charge in [0.05, 0.1) is 41.2 Å². The number of esters is 1. The minimum absolute atomic E-state index is 0.0371. The normalized spacial score (nSPS) is 14.3. The maximum absolute atomic E-state index is 14.3. The molecule has 3 heterocycles. The van der Waals surface area contributed by atoms with Gasteiger partial charge in [-0.25, -0.2) is 14.5 Å². The fourth-order valence-electron chi connectivity index (χ4n) is 5.51. The number of rotatable bonds is 12. The van der Waals surface area contributed by atoms with Crippen molar-refractivity contribution >= 4 is 23.4 Å². The highest BCUT2D eigenvalue weighted by Gasteiger charge is 2.33. The van der Waals surface area contributed by atoms with Crippen LogP contribution >= 0.6 is 11.3 Å². The average molecular weight is 661 g/mol. The molecular weight excluding hydrogens is 625 g/mol. The van der Waals surface area contributed by atoms with Gasteiger partial charge in [-0.3, -0.25) is 9.36 Å². The number of carbonyl (C=O) groups is 1. The molecule has 0 amide bonds. The number of aromatic nitrogens is 3. The SMILES string of the molecule is C=CCOC(=O)C1=C(C)N=c2sc(=Cc3cn(-c4ccccc4)nc3-c3ccc(OCCCC)cc3)c(=O)n2C1c1ccc(OC)cc1. The third kappa shape index (κ3) is 6.65. The van der Waals surface area contributed by atoms with E-state index in [9.17, 15) is 9.59 Å². The highest BCUT2D eigenvalue weighted by atomic mass is 32.1. The highest BCUT2D eigenvalue weighted by molar-refractivity contribution is 7.07. The number of methoxy groups -OCH3 is 1. The topological polar surface area (TPSA) is 96.9 Å². The van der Waals surface area contributed by atoms with Crippen molar-refractivity contribution in [3.8, 4) is 28.4 Å². The van der Waals surface area contributed by atoms with Crippen LogP contribution in [0.2, 0.25) is 0 Å². The number of thiazole rings is 1. The predicted molar refractivity (Wildman–Crippen MR) is 187 cm³/mol. The molecule has 1 aliphatic rings. The number of hydrogen-bond acceptors (Lipinski definition) is 8. The van der Waals surface area contributed by atoms with Crippen LogP contribution in [0.4, 0.5) is 0 Å². The van der Waals surface area contributed by atoms with E-state index in [2.05, 4.69) is 13.5 Å². The third-order valence-corrected chi connectivity index (χ3v) is 8.93. The number of allylic oxidation sites excluding steroid dienone is 1. The van der Waals surface area contributed by atoms with Gasteiger partial charge in [0, 0.05) is 17.3 Å². The first-order chi connectivity index (χ1) is 23.4. The molecule has 1 unspecified atom stereocenters. The average Bonchev–Trinajstić information content (AvgIpc) is 3.67. The Morgan fingerprint density at radius 2 is 1.75 bits per heavy atom. The quantitative estimate of drug-likeness (QED) is 0.0925. The zero-order chi connectivity index (χ0) is 33.6. The summed E-state index contributed by atoms with van der Waals surface area (Å²) in [5, 5.41) is 4.95. The molecule has 1 aliphatic heterocycles. The molecule has 0 N–H and O–H groups in total. The number of benzene rings is 3. The van der Waals surface area contributed by atoms with Crippen LogP contribution in [0.3, 0.4) is 0 Å². The van der Waals surface area contributed by atoms with E-state index in [1.54, 1.807) is 30.7 Å². The lowest BCUT2D eigenvalue weighted by molar-refractivity contribution is -0.138. The van der Waals surface area contributed by atoms with Crippen LogP contribution in [0.1, 0.15) is 43.9 Å². The summed E-state index contributed by atoms with van der Waals surface area (Å²) >= 11 is 1.26. The Kier molecular flexibility index (Phi) is 9.82. The van der Waals surface area contributed by atoms with Crippen LogP contribution in [0.15, 0.2) is 119 Å². The smallest absolute Gasteiger partial charge is 0.338 e. The second-order valence-electron chi connectivity index (χ2n) is 11.2. The first-order valence-corrected chi connectivity index (χ1v) is 16.6. The van der Waals surface area contributed by atoms with Gasteiger partial charge >= 0.3 is 5.97 Å². The van der Waals surface area contributed by atoms with Gasteiger partial charge < -0.3 is 14.2 Å². The van der Waals surface area contributed by atoms with Crippen molar-refractivity contribution in [3.05, 3.63) is 140 Å². The van der Waals surface area contributed by atoms with Crippen LogP contribution < -0.4 is 24.4 Å². The van der Waals surface area contributed by atoms with Crippen molar-refractivity contribution in [1.29, 1.82) is 0 Å². The minimum atomic E-state index is -0.751.